The van der Waals surface area contributed by atoms with Crippen LogP contribution in [-0.2, 0) is 44.6 Å². The molecule has 0 aromatic carbocycles. The van der Waals surface area contributed by atoms with Gasteiger partial charge in [-0.3, -0.25) is 0 Å². The van der Waals surface area contributed by atoms with Crippen molar-refractivity contribution in [3.8, 4) is 0 Å². The summed E-state index contributed by atoms with van der Waals surface area (Å²) in [5.41, 5.74) is 0. The van der Waals surface area contributed by atoms with Crippen molar-refractivity contribution >= 4 is 25.4 Å². The molecule has 0 aromatic rings. The molecule has 0 rings (SSSR count). The van der Waals surface area contributed by atoms with Crippen LogP contribution in [0.2, 0.25) is 0 Å². The summed E-state index contributed by atoms with van der Waals surface area (Å²) < 4.78 is 8.30. The van der Waals surface area contributed by atoms with Gasteiger partial charge in [0.05, 0.1) is 0 Å². The second-order valence-corrected chi connectivity index (χ2v) is 0. The van der Waals surface area contributed by atoms with Crippen LogP contribution in [0.3, 0.4) is 0 Å². The molecule has 0 unspecified atom stereocenters. The maximum atomic E-state index is 8.30. The van der Waals surface area contributed by atoms with E-state index in [1.807, 2.05) is 0 Å². The summed E-state index contributed by atoms with van der Waals surface area (Å²) in [5.74, 6) is 0. The molecule has 0 aliphatic carbocycles. The standard InChI is InChI=1S/Al.Nb.O.H3Si.Ta.3H/h;;;1H3;;;;. The summed E-state index contributed by atoms with van der Waals surface area (Å²) >= 11 is 2.08. The van der Waals surface area contributed by atoms with Crippen LogP contribution in [0.1, 0.15) is 0 Å². The molecule has 0 aliphatic heterocycles. The van der Waals surface area contributed by atoms with E-state index in [4.69, 9.17) is 3.25 Å². The van der Waals surface area contributed by atoms with E-state index in [9.17, 15) is 0 Å². The summed E-state index contributed by atoms with van der Waals surface area (Å²) in [5, 5.41) is 0. The van der Waals surface area contributed by atoms with Crippen LogP contribution in [0, 0.1) is 0 Å². The van der Waals surface area contributed by atoms with Gasteiger partial charge in [0.25, 0.3) is 0 Å². The molecule has 0 atom stereocenters. The van der Waals surface area contributed by atoms with Gasteiger partial charge in [0.1, 0.15) is 0 Å². The second kappa shape index (κ2) is 37.0. The molecular weight excluding hydrogens is 345 g/mol. The molecule has 0 saturated carbocycles. The van der Waals surface area contributed by atoms with Crippen LogP contribution in [0.5, 0.6) is 0 Å². The van der Waals surface area contributed by atoms with Gasteiger partial charge in [0, 0.05) is 0 Å². The molecule has 0 amide bonds. The molecule has 5 heavy (non-hydrogen) atoms. The van der Waals surface area contributed by atoms with Crippen molar-refractivity contribution in [2.75, 3.05) is 0 Å². The summed E-state index contributed by atoms with van der Waals surface area (Å²) in [6.45, 7) is 0. The molecule has 0 spiro atoms. The number of rotatable bonds is 0. The van der Waals surface area contributed by atoms with Gasteiger partial charge in [0.15, 0.2) is 17.4 Å². The zero-order valence-electron chi connectivity index (χ0n) is 2.30. The monoisotopic (exact) mass is 351 g/mol. The van der Waals surface area contributed by atoms with Crippen LogP contribution in [0.15, 0.2) is 0 Å². The van der Waals surface area contributed by atoms with Crippen LogP contribution in [0.25, 0.3) is 0 Å². The summed E-state index contributed by atoms with van der Waals surface area (Å²) in [6.07, 6.45) is 0. The predicted molar refractivity (Wildman–Crippen MR) is 20.6 cm³/mol. The van der Waals surface area contributed by atoms with E-state index >= 15 is 0 Å². The molecule has 1 nitrogen and oxygen atoms in total. The molecule has 5 heteroatoms. The Kier molecular flexibility index (Phi) is 117. The Balaban J connectivity index is -0.0000000133. The van der Waals surface area contributed by atoms with Gasteiger partial charge < -0.3 is 0 Å². The Morgan fingerprint density at radius 3 is 1.40 bits per heavy atom. The normalized spacial score (nSPS) is 2.20. The summed E-state index contributed by atoms with van der Waals surface area (Å²) in [7, 11) is 1.42. The molecule has 0 radical (unpaired) electrons. The molecular formula is H6AlNbOSiTa. The first-order valence-electron chi connectivity index (χ1n) is 0.630. The molecule has 0 aliphatic rings. The topological polar surface area (TPSA) is 17.1 Å². The fourth-order valence-corrected chi connectivity index (χ4v) is 0. The molecule has 0 bridgehead atoms. The first-order valence-corrected chi connectivity index (χ1v) is 12.1. The zero-order valence-corrected chi connectivity index (χ0v) is 9.71. The van der Waals surface area contributed by atoms with Crippen molar-refractivity contribution in [1.29, 1.82) is 0 Å². The number of hydrogen-bond donors (Lipinski definition) is 0. The molecule has 0 saturated heterocycles. The number of hydrogen-bond acceptors (Lipinski definition) is 1. The van der Waals surface area contributed by atoms with Gasteiger partial charge in [-0.2, -0.15) is 0 Å². The van der Waals surface area contributed by atoms with Gasteiger partial charge >= 0.3 is 52.6 Å². The Labute approximate surface area is 69.2 Å². The molecule has 29 valence electrons. The van der Waals surface area contributed by atoms with Crippen LogP contribution in [0.4, 0.5) is 0 Å². The molecule has 0 N–H and O–H groups in total. The van der Waals surface area contributed by atoms with Crippen molar-refractivity contribution in [3.05, 3.63) is 0 Å². The Morgan fingerprint density at radius 2 is 1.40 bits per heavy atom. The average molecular weight is 351 g/mol. The fraction of sp³-hybridized carbons (Fsp3) is 0. The van der Waals surface area contributed by atoms with E-state index in [0.29, 0.717) is 21.0 Å². The van der Waals surface area contributed by atoms with Gasteiger partial charge in [-0.1, -0.05) is 0 Å². The van der Waals surface area contributed by atoms with Gasteiger partial charge in [-0.05, 0) is 0 Å². The SMILES string of the molecule is [AlH3].[O]=[Nb].[SiH3][Ta]. The van der Waals surface area contributed by atoms with E-state index in [1.165, 1.54) is 8.00 Å². The van der Waals surface area contributed by atoms with Crippen molar-refractivity contribution in [2.45, 2.75) is 0 Å². The van der Waals surface area contributed by atoms with E-state index in [2.05, 4.69) is 0 Å². The maximum absolute atomic E-state index is 8.30. The summed E-state index contributed by atoms with van der Waals surface area (Å²) in [4.78, 5) is 0. The van der Waals surface area contributed by atoms with Crippen LogP contribution in [-0.4, -0.2) is 25.4 Å². The van der Waals surface area contributed by atoms with Crippen molar-refractivity contribution in [3.63, 3.8) is 0 Å². The third-order valence-electron chi connectivity index (χ3n) is 0. The Morgan fingerprint density at radius 1 is 1.40 bits per heavy atom. The summed E-state index contributed by atoms with van der Waals surface area (Å²) in [6, 6.07) is 0. The van der Waals surface area contributed by atoms with Crippen LogP contribution >= 0.6 is 0 Å². The zero-order chi connectivity index (χ0) is 4.00. The van der Waals surface area contributed by atoms with E-state index < -0.39 is 0 Å². The van der Waals surface area contributed by atoms with Crippen molar-refractivity contribution in [1.82, 2.24) is 0 Å². The quantitative estimate of drug-likeness (QED) is 0.442. The average Bonchev–Trinajstić information content (AvgIpc) is 1.50. The third kappa shape index (κ3) is 23.8. The minimum atomic E-state index is 0. The predicted octanol–water partition coefficient (Wildman–Crippen LogP) is -2.49. The van der Waals surface area contributed by atoms with Crippen molar-refractivity contribution < 1.29 is 44.6 Å². The van der Waals surface area contributed by atoms with E-state index in [0.717, 1.165) is 0 Å². The van der Waals surface area contributed by atoms with Gasteiger partial charge in [-0.15, -0.1) is 0 Å². The van der Waals surface area contributed by atoms with Gasteiger partial charge in [-0.25, -0.2) is 0 Å². The minimum absolute atomic E-state index is 0. The molecule has 0 aromatic heterocycles. The second-order valence-electron chi connectivity index (χ2n) is 0. The van der Waals surface area contributed by atoms with Crippen LogP contribution < -0.4 is 0 Å². The first-order chi connectivity index (χ1) is 2.00. The Bertz CT molecular complexity index is 11.6. The Hall–Kier alpha value is 2.03. The molecule has 0 heterocycles. The van der Waals surface area contributed by atoms with E-state index in [-0.39, 0.29) is 17.4 Å². The third-order valence-corrected chi connectivity index (χ3v) is 0. The van der Waals surface area contributed by atoms with Crippen molar-refractivity contribution in [2.24, 2.45) is 0 Å². The first kappa shape index (κ1) is 15.7. The van der Waals surface area contributed by atoms with Gasteiger partial charge in [0.2, 0.25) is 0 Å². The van der Waals surface area contributed by atoms with E-state index in [1.54, 1.807) is 20.3 Å². The fourth-order valence-electron chi connectivity index (χ4n) is 0. The molecule has 0 fully saturated rings.